The van der Waals surface area contributed by atoms with Crippen LogP contribution in [0.1, 0.15) is 69.2 Å². The number of piperazine rings is 1. The summed E-state index contributed by atoms with van der Waals surface area (Å²) in [4.78, 5) is 10.1. The third-order valence-corrected chi connectivity index (χ3v) is 6.25. The fraction of sp³-hybridized carbons (Fsp3) is 1.00. The Morgan fingerprint density at radius 3 is 1.34 bits per heavy atom. The molecule has 3 rings (SSSR count). The van der Waals surface area contributed by atoms with Crippen molar-refractivity contribution in [1.29, 1.82) is 0 Å². The first-order valence-electron chi connectivity index (χ1n) is 13.8. The summed E-state index contributed by atoms with van der Waals surface area (Å²) in [6, 6.07) is 0. The third kappa shape index (κ3) is 20.5. The van der Waals surface area contributed by atoms with Gasteiger partial charge in [0, 0.05) is 72.6 Å². The van der Waals surface area contributed by atoms with Gasteiger partial charge in [0.25, 0.3) is 0 Å². The smallest absolute Gasteiger partial charge is 0.0594 e. The van der Waals surface area contributed by atoms with Crippen LogP contribution < -0.4 is 0 Å². The van der Waals surface area contributed by atoms with E-state index in [0.717, 1.165) is 57.2 Å². The Kier molecular flexibility index (Phi) is 24.2. The summed E-state index contributed by atoms with van der Waals surface area (Å²) >= 11 is 0. The van der Waals surface area contributed by atoms with Crippen LogP contribution in [0.2, 0.25) is 0 Å². The highest BCUT2D eigenvalue weighted by atomic mass is 16.5. The van der Waals surface area contributed by atoms with Crippen molar-refractivity contribution in [2.75, 3.05) is 105 Å². The molecule has 3 saturated heterocycles. The molecule has 0 spiro atoms. The van der Waals surface area contributed by atoms with Crippen LogP contribution >= 0.6 is 0 Å². The van der Waals surface area contributed by atoms with E-state index in [2.05, 4.69) is 61.1 Å². The molecule has 0 amide bonds. The van der Waals surface area contributed by atoms with E-state index in [1.54, 1.807) is 7.11 Å². The Hall–Kier alpha value is -0.240. The summed E-state index contributed by atoms with van der Waals surface area (Å²) in [5.74, 6) is 2.43. The number of likely N-dealkylation sites (tertiary alicyclic amines) is 1. The van der Waals surface area contributed by atoms with E-state index in [1.807, 2.05) is 0 Å². The average Bonchev–Trinajstić information content (AvgIpc) is 3.26. The zero-order valence-corrected chi connectivity index (χ0v) is 23.4. The number of morpholine rings is 1. The summed E-state index contributed by atoms with van der Waals surface area (Å²) in [5.41, 5.74) is 0. The van der Waals surface area contributed by atoms with E-state index in [4.69, 9.17) is 9.47 Å². The lowest BCUT2D eigenvalue weighted by Gasteiger charge is -2.35. The molecule has 0 aromatic heterocycles. The van der Waals surface area contributed by atoms with E-state index in [0.29, 0.717) is 0 Å². The second kappa shape index (κ2) is 22.9. The van der Waals surface area contributed by atoms with Crippen molar-refractivity contribution in [3.63, 3.8) is 0 Å². The predicted octanol–water partition coefficient (Wildman–Crippen LogP) is 4.89. The van der Waals surface area contributed by atoms with Crippen molar-refractivity contribution >= 4 is 0 Å². The fourth-order valence-electron chi connectivity index (χ4n) is 4.71. The van der Waals surface area contributed by atoms with Gasteiger partial charge in [-0.15, -0.1) is 0 Å². The summed E-state index contributed by atoms with van der Waals surface area (Å²) in [7, 11) is 1.77. The van der Waals surface area contributed by atoms with Gasteiger partial charge in [0.1, 0.15) is 0 Å². The zero-order valence-electron chi connectivity index (χ0n) is 23.4. The van der Waals surface area contributed by atoms with Crippen LogP contribution in [-0.4, -0.2) is 125 Å². The monoisotopic (exact) mass is 503 g/mol. The maximum Gasteiger partial charge on any atom is 0.0594 e. The topological polar surface area (TPSA) is 31.4 Å². The van der Waals surface area contributed by atoms with Gasteiger partial charge in [-0.05, 0) is 43.7 Å². The van der Waals surface area contributed by atoms with Gasteiger partial charge in [0.2, 0.25) is 0 Å². The van der Waals surface area contributed by atoms with Crippen LogP contribution in [0.3, 0.4) is 0 Å². The van der Waals surface area contributed by atoms with Crippen molar-refractivity contribution in [3.05, 3.63) is 0 Å². The molecular weight excluding hydrogens is 436 g/mol. The van der Waals surface area contributed by atoms with Crippen LogP contribution in [0.5, 0.6) is 0 Å². The Morgan fingerprint density at radius 2 is 0.943 bits per heavy atom. The molecule has 3 aliphatic heterocycles. The quantitative estimate of drug-likeness (QED) is 0.446. The average molecular weight is 503 g/mol. The molecule has 3 heterocycles. The molecule has 3 aliphatic rings. The number of ether oxygens (including phenoxy) is 2. The normalized spacial score (nSPS) is 20.1. The Labute approximate surface area is 221 Å². The van der Waals surface area contributed by atoms with Crippen LogP contribution in [-0.2, 0) is 9.47 Å². The number of rotatable bonds is 9. The Balaban J connectivity index is 0. The number of methoxy groups -OCH3 is 1. The maximum absolute atomic E-state index is 5.24. The molecule has 0 N–H and O–H groups in total. The van der Waals surface area contributed by atoms with Crippen LogP contribution in [0.25, 0.3) is 0 Å². The van der Waals surface area contributed by atoms with Crippen molar-refractivity contribution in [2.45, 2.75) is 69.2 Å². The van der Waals surface area contributed by atoms with Gasteiger partial charge < -0.3 is 19.3 Å². The van der Waals surface area contributed by atoms with Gasteiger partial charge in [-0.2, -0.15) is 0 Å². The molecule has 0 atom stereocenters. The molecule has 0 radical (unpaired) electrons. The highest BCUT2D eigenvalue weighted by Crippen LogP contribution is 2.09. The first kappa shape index (κ1) is 36.9. The molecule has 0 saturated carbocycles. The number of nitrogens with zero attached hydrogens (tertiary/aromatic N) is 4. The number of hydrogen-bond acceptors (Lipinski definition) is 6. The molecule has 3 fully saturated rings. The summed E-state index contributed by atoms with van der Waals surface area (Å²) < 4.78 is 10.3. The van der Waals surface area contributed by atoms with Gasteiger partial charge in [0.05, 0.1) is 19.8 Å². The third-order valence-electron chi connectivity index (χ3n) is 6.25. The molecular formula is C29H66N4O2. The van der Waals surface area contributed by atoms with Gasteiger partial charge in [0.15, 0.2) is 0 Å². The highest BCUT2D eigenvalue weighted by molar-refractivity contribution is 4.72. The van der Waals surface area contributed by atoms with E-state index in [9.17, 15) is 0 Å². The Morgan fingerprint density at radius 1 is 0.571 bits per heavy atom. The zero-order chi connectivity index (χ0) is 24.5. The fourth-order valence-corrected chi connectivity index (χ4v) is 4.71. The van der Waals surface area contributed by atoms with Gasteiger partial charge in [-0.1, -0.05) is 56.4 Å². The van der Waals surface area contributed by atoms with E-state index in [1.165, 1.54) is 71.7 Å². The maximum atomic E-state index is 5.24. The molecule has 6 nitrogen and oxygen atoms in total. The highest BCUT2D eigenvalue weighted by Gasteiger charge is 2.16. The lowest BCUT2D eigenvalue weighted by atomic mass is 10.2. The lowest BCUT2D eigenvalue weighted by molar-refractivity contribution is 0.0329. The molecule has 0 aromatic carbocycles. The minimum atomic E-state index is 0. The largest absolute Gasteiger partial charge is 0.383 e. The van der Waals surface area contributed by atoms with Crippen LogP contribution in [0.4, 0.5) is 0 Å². The lowest BCUT2D eigenvalue weighted by Crippen LogP contribution is -2.48. The summed E-state index contributed by atoms with van der Waals surface area (Å²) in [5, 5.41) is 0. The van der Waals surface area contributed by atoms with Gasteiger partial charge in [-0.3, -0.25) is 9.80 Å². The first-order valence-corrected chi connectivity index (χ1v) is 13.8. The second-order valence-corrected chi connectivity index (χ2v) is 11.2. The van der Waals surface area contributed by atoms with Crippen molar-refractivity contribution < 1.29 is 9.47 Å². The minimum Gasteiger partial charge on any atom is -0.383 e. The van der Waals surface area contributed by atoms with Gasteiger partial charge >= 0.3 is 0 Å². The molecule has 0 aliphatic carbocycles. The minimum absolute atomic E-state index is 0. The van der Waals surface area contributed by atoms with Crippen molar-refractivity contribution in [1.82, 2.24) is 19.6 Å². The standard InChI is InChI=1S/C11H24N2O.C8H17NO.C8H17N.2CH4/c1-11(2)10-13-6-4-12(5-7-13)8-9-14-3;1-8(2)7-9-3-5-10-6-4-9;1-8(2)7-9-5-3-4-6-9;;/h11H,4-10H2,1-3H3;8H,3-7H2,1-2H3;8H,3-7H2,1-2H3;2*1H4. The molecule has 0 bridgehead atoms. The molecule has 35 heavy (non-hydrogen) atoms. The molecule has 0 unspecified atom stereocenters. The SMILES string of the molecule is C.C.CC(C)CN1CCCC1.CC(C)CN1CCOCC1.COCCN1CCN(CC(C)C)CC1. The van der Waals surface area contributed by atoms with Crippen molar-refractivity contribution in [3.8, 4) is 0 Å². The van der Waals surface area contributed by atoms with Crippen LogP contribution in [0, 0.1) is 17.8 Å². The molecule has 214 valence electrons. The first-order chi connectivity index (χ1) is 15.8. The van der Waals surface area contributed by atoms with Crippen molar-refractivity contribution in [2.24, 2.45) is 17.8 Å². The van der Waals surface area contributed by atoms with Gasteiger partial charge in [-0.25, -0.2) is 0 Å². The Bertz CT molecular complexity index is 428. The molecule has 0 aromatic rings. The van der Waals surface area contributed by atoms with Crippen LogP contribution in [0.15, 0.2) is 0 Å². The predicted molar refractivity (Wildman–Crippen MR) is 156 cm³/mol. The molecule has 6 heteroatoms. The summed E-state index contributed by atoms with van der Waals surface area (Å²) in [6.07, 6.45) is 2.85. The summed E-state index contributed by atoms with van der Waals surface area (Å²) in [6.45, 7) is 31.1. The second-order valence-electron chi connectivity index (χ2n) is 11.2. The van der Waals surface area contributed by atoms with E-state index < -0.39 is 0 Å². The van der Waals surface area contributed by atoms with E-state index >= 15 is 0 Å². The number of hydrogen-bond donors (Lipinski definition) is 0. The van der Waals surface area contributed by atoms with E-state index in [-0.39, 0.29) is 14.9 Å².